The van der Waals surface area contributed by atoms with Gasteiger partial charge in [-0.2, -0.15) is 0 Å². The van der Waals surface area contributed by atoms with E-state index >= 15 is 0 Å². The van der Waals surface area contributed by atoms with Crippen molar-refractivity contribution in [2.45, 2.75) is 19.3 Å². The minimum absolute atomic E-state index is 0.242. The van der Waals surface area contributed by atoms with Crippen molar-refractivity contribution in [3.05, 3.63) is 63.1 Å². The summed E-state index contributed by atoms with van der Waals surface area (Å²) in [5.41, 5.74) is 9.41. The minimum atomic E-state index is 0.242. The van der Waals surface area contributed by atoms with Crippen LogP contribution in [-0.2, 0) is 6.42 Å². The summed E-state index contributed by atoms with van der Waals surface area (Å²) in [6.45, 7) is 2.61. The average Bonchev–Trinajstić information content (AvgIpc) is 2.48. The van der Waals surface area contributed by atoms with Gasteiger partial charge in [-0.3, -0.25) is 0 Å². The summed E-state index contributed by atoms with van der Waals surface area (Å²) in [7, 11) is 1.68. The first kappa shape index (κ1) is 16.2. The van der Waals surface area contributed by atoms with E-state index in [1.165, 1.54) is 5.56 Å². The third kappa shape index (κ3) is 3.91. The van der Waals surface area contributed by atoms with Crippen LogP contribution in [0.25, 0.3) is 0 Å². The molecule has 0 fully saturated rings. The molecule has 0 radical (unpaired) electrons. The molecule has 0 heterocycles. The SMILES string of the molecule is COc1ccc(C(CN)Cc2ccc(Cl)c(Cl)c2)cc1C. The molecule has 2 N–H and O–H groups in total. The van der Waals surface area contributed by atoms with Gasteiger partial charge in [-0.05, 0) is 54.8 Å². The second kappa shape index (κ2) is 7.17. The highest BCUT2D eigenvalue weighted by atomic mass is 35.5. The maximum absolute atomic E-state index is 6.07. The van der Waals surface area contributed by atoms with Gasteiger partial charge in [0.25, 0.3) is 0 Å². The molecule has 0 amide bonds. The van der Waals surface area contributed by atoms with Crippen LogP contribution < -0.4 is 10.5 Å². The van der Waals surface area contributed by atoms with Crippen LogP contribution in [0.2, 0.25) is 10.0 Å². The Hall–Kier alpha value is -1.22. The van der Waals surface area contributed by atoms with Crippen molar-refractivity contribution in [2.75, 3.05) is 13.7 Å². The highest BCUT2D eigenvalue weighted by Crippen LogP contribution is 2.28. The zero-order valence-electron chi connectivity index (χ0n) is 12.2. The Balaban J connectivity index is 2.23. The lowest BCUT2D eigenvalue weighted by atomic mass is 9.91. The maximum atomic E-state index is 6.07. The van der Waals surface area contributed by atoms with Gasteiger partial charge in [0.2, 0.25) is 0 Å². The Labute approximate surface area is 135 Å². The third-order valence-corrected chi connectivity index (χ3v) is 4.38. The smallest absolute Gasteiger partial charge is 0.121 e. The molecule has 0 saturated carbocycles. The monoisotopic (exact) mass is 323 g/mol. The molecule has 0 bridgehead atoms. The lowest BCUT2D eigenvalue weighted by Gasteiger charge is -2.17. The number of benzene rings is 2. The molecule has 2 rings (SSSR count). The van der Waals surface area contributed by atoms with Crippen molar-refractivity contribution in [3.63, 3.8) is 0 Å². The summed E-state index contributed by atoms with van der Waals surface area (Å²) in [5.74, 6) is 1.14. The second-order valence-electron chi connectivity index (χ2n) is 5.11. The number of hydrogen-bond acceptors (Lipinski definition) is 2. The molecule has 21 heavy (non-hydrogen) atoms. The molecule has 1 atom stereocenters. The molecule has 112 valence electrons. The highest BCUT2D eigenvalue weighted by molar-refractivity contribution is 6.42. The van der Waals surface area contributed by atoms with E-state index in [2.05, 4.69) is 12.1 Å². The van der Waals surface area contributed by atoms with Gasteiger partial charge >= 0.3 is 0 Å². The molecule has 0 aliphatic rings. The van der Waals surface area contributed by atoms with Crippen LogP contribution >= 0.6 is 23.2 Å². The van der Waals surface area contributed by atoms with E-state index in [1.807, 2.05) is 31.2 Å². The second-order valence-corrected chi connectivity index (χ2v) is 5.93. The zero-order chi connectivity index (χ0) is 15.4. The number of rotatable bonds is 5. The maximum Gasteiger partial charge on any atom is 0.121 e. The van der Waals surface area contributed by atoms with Gasteiger partial charge in [0, 0.05) is 5.92 Å². The molecule has 0 spiro atoms. The van der Waals surface area contributed by atoms with Crippen LogP contribution in [0.4, 0.5) is 0 Å². The van der Waals surface area contributed by atoms with E-state index in [4.69, 9.17) is 33.7 Å². The van der Waals surface area contributed by atoms with Crippen molar-refractivity contribution >= 4 is 23.2 Å². The summed E-state index contributed by atoms with van der Waals surface area (Å²) in [6, 6.07) is 11.9. The molecule has 0 aliphatic carbocycles. The van der Waals surface area contributed by atoms with Crippen LogP contribution in [0.3, 0.4) is 0 Å². The Morgan fingerprint density at radius 2 is 1.86 bits per heavy atom. The van der Waals surface area contributed by atoms with Crippen LogP contribution in [0.1, 0.15) is 22.6 Å². The molecule has 2 nitrogen and oxygen atoms in total. The molecular weight excluding hydrogens is 305 g/mol. The fraction of sp³-hybridized carbons (Fsp3) is 0.294. The first-order valence-corrected chi connectivity index (χ1v) is 7.59. The van der Waals surface area contributed by atoms with E-state index in [9.17, 15) is 0 Å². The summed E-state index contributed by atoms with van der Waals surface area (Å²) in [5, 5.41) is 1.15. The summed E-state index contributed by atoms with van der Waals surface area (Å²) in [6.07, 6.45) is 0.832. The Kier molecular flexibility index (Phi) is 5.51. The normalized spacial score (nSPS) is 12.2. The lowest BCUT2D eigenvalue weighted by Crippen LogP contribution is -2.15. The first-order chi connectivity index (χ1) is 10.0. The minimum Gasteiger partial charge on any atom is -0.496 e. The van der Waals surface area contributed by atoms with Crippen LogP contribution in [0, 0.1) is 6.92 Å². The molecule has 2 aromatic rings. The van der Waals surface area contributed by atoms with Gasteiger partial charge in [-0.25, -0.2) is 0 Å². The van der Waals surface area contributed by atoms with Gasteiger partial charge in [0.1, 0.15) is 5.75 Å². The number of halogens is 2. The largest absolute Gasteiger partial charge is 0.496 e. The van der Waals surface area contributed by atoms with Gasteiger partial charge in [-0.1, -0.05) is 41.4 Å². The van der Waals surface area contributed by atoms with E-state index in [-0.39, 0.29) is 5.92 Å². The van der Waals surface area contributed by atoms with Gasteiger partial charge < -0.3 is 10.5 Å². The van der Waals surface area contributed by atoms with Crippen molar-refractivity contribution in [2.24, 2.45) is 5.73 Å². The predicted octanol–water partition coefficient (Wildman–Crippen LogP) is 4.60. The number of ether oxygens (including phenoxy) is 1. The Morgan fingerprint density at radius 3 is 2.43 bits per heavy atom. The lowest BCUT2D eigenvalue weighted by molar-refractivity contribution is 0.411. The molecule has 2 aromatic carbocycles. The fourth-order valence-corrected chi connectivity index (χ4v) is 2.76. The Morgan fingerprint density at radius 1 is 1.10 bits per heavy atom. The molecule has 0 saturated heterocycles. The average molecular weight is 324 g/mol. The number of nitrogens with two attached hydrogens (primary N) is 1. The van der Waals surface area contributed by atoms with E-state index in [0.29, 0.717) is 16.6 Å². The number of aryl methyl sites for hydroxylation is 1. The fourth-order valence-electron chi connectivity index (χ4n) is 2.44. The van der Waals surface area contributed by atoms with E-state index in [1.54, 1.807) is 7.11 Å². The van der Waals surface area contributed by atoms with Crippen molar-refractivity contribution in [1.29, 1.82) is 0 Å². The van der Waals surface area contributed by atoms with Crippen LogP contribution in [-0.4, -0.2) is 13.7 Å². The topological polar surface area (TPSA) is 35.2 Å². The van der Waals surface area contributed by atoms with Crippen molar-refractivity contribution < 1.29 is 4.74 Å². The Bertz CT molecular complexity index is 628. The standard InChI is InChI=1S/C17H19Cl2NO/c1-11-7-13(4-6-17(11)21-2)14(10-20)8-12-3-5-15(18)16(19)9-12/h3-7,9,14H,8,10,20H2,1-2H3. The van der Waals surface area contributed by atoms with Gasteiger partial charge in [0.05, 0.1) is 17.2 Å². The number of hydrogen-bond donors (Lipinski definition) is 1. The number of methoxy groups -OCH3 is 1. The van der Waals surface area contributed by atoms with Gasteiger partial charge in [-0.15, -0.1) is 0 Å². The van der Waals surface area contributed by atoms with Gasteiger partial charge in [0.15, 0.2) is 0 Å². The predicted molar refractivity (Wildman–Crippen MR) is 89.7 cm³/mol. The zero-order valence-corrected chi connectivity index (χ0v) is 13.7. The van der Waals surface area contributed by atoms with E-state index in [0.717, 1.165) is 23.3 Å². The molecule has 0 aromatic heterocycles. The summed E-state index contributed by atoms with van der Waals surface area (Å²) < 4.78 is 5.30. The van der Waals surface area contributed by atoms with Crippen LogP contribution in [0.15, 0.2) is 36.4 Å². The summed E-state index contributed by atoms with van der Waals surface area (Å²) in [4.78, 5) is 0. The molecule has 0 aliphatic heterocycles. The van der Waals surface area contributed by atoms with Crippen molar-refractivity contribution in [1.82, 2.24) is 0 Å². The summed E-state index contributed by atoms with van der Waals surface area (Å²) >= 11 is 12.0. The van der Waals surface area contributed by atoms with Crippen molar-refractivity contribution in [3.8, 4) is 5.75 Å². The first-order valence-electron chi connectivity index (χ1n) is 6.83. The quantitative estimate of drug-likeness (QED) is 0.873. The molecular formula is C17H19Cl2NO. The highest BCUT2D eigenvalue weighted by Gasteiger charge is 2.13. The molecule has 1 unspecified atom stereocenters. The molecule has 4 heteroatoms. The third-order valence-electron chi connectivity index (χ3n) is 3.64. The van der Waals surface area contributed by atoms with E-state index < -0.39 is 0 Å². The van der Waals surface area contributed by atoms with Crippen LogP contribution in [0.5, 0.6) is 5.75 Å².